The minimum atomic E-state index is -0.286. The van der Waals surface area contributed by atoms with Crippen molar-refractivity contribution in [3.63, 3.8) is 0 Å². The van der Waals surface area contributed by atoms with Gasteiger partial charge in [-0.1, -0.05) is 17.7 Å². The molecule has 5 nitrogen and oxygen atoms in total. The highest BCUT2D eigenvalue weighted by molar-refractivity contribution is 7.13. The lowest BCUT2D eigenvalue weighted by Crippen LogP contribution is -2.12. The number of rotatable bonds is 3. The number of nitrogens with zero attached hydrogens (tertiary/aromatic N) is 3. The fourth-order valence-electron chi connectivity index (χ4n) is 1.77. The van der Waals surface area contributed by atoms with E-state index in [1.807, 2.05) is 13.0 Å². The van der Waals surface area contributed by atoms with Crippen molar-refractivity contribution in [1.82, 2.24) is 15.0 Å². The van der Waals surface area contributed by atoms with Crippen LogP contribution in [0.25, 0.3) is 10.7 Å². The molecule has 3 aromatic rings. The molecular weight excluding hydrogens is 320 g/mol. The third-order valence-electron chi connectivity index (χ3n) is 2.95. The Labute approximate surface area is 136 Å². The normalized spacial score (nSPS) is 10.5. The van der Waals surface area contributed by atoms with Crippen LogP contribution in [0, 0.1) is 6.92 Å². The van der Waals surface area contributed by atoms with Gasteiger partial charge in [-0.15, -0.1) is 11.3 Å². The first-order valence-corrected chi connectivity index (χ1v) is 7.68. The Hall–Kier alpha value is -2.31. The zero-order chi connectivity index (χ0) is 15.5. The fourth-order valence-corrected chi connectivity index (χ4v) is 2.71. The summed E-state index contributed by atoms with van der Waals surface area (Å²) in [6.45, 7) is 1.90. The number of anilines is 1. The van der Waals surface area contributed by atoms with Gasteiger partial charge in [-0.2, -0.15) is 0 Å². The summed E-state index contributed by atoms with van der Waals surface area (Å²) in [4.78, 5) is 24.6. The van der Waals surface area contributed by atoms with Gasteiger partial charge < -0.3 is 5.32 Å². The highest BCUT2D eigenvalue weighted by atomic mass is 35.5. The van der Waals surface area contributed by atoms with Gasteiger partial charge in [-0.3, -0.25) is 14.8 Å². The van der Waals surface area contributed by atoms with Crippen LogP contribution in [0.15, 0.2) is 42.2 Å². The zero-order valence-electron chi connectivity index (χ0n) is 11.6. The SMILES string of the molecule is Cc1ccc(NC(=O)c2csc(-c3cnccn3)n2)cc1Cl. The van der Waals surface area contributed by atoms with E-state index in [-0.39, 0.29) is 5.91 Å². The smallest absolute Gasteiger partial charge is 0.275 e. The molecule has 2 heterocycles. The average Bonchev–Trinajstić information content (AvgIpc) is 3.02. The first-order chi connectivity index (χ1) is 10.6. The van der Waals surface area contributed by atoms with E-state index in [0.717, 1.165) is 5.56 Å². The van der Waals surface area contributed by atoms with Crippen LogP contribution in [0.2, 0.25) is 5.02 Å². The highest BCUT2D eigenvalue weighted by Crippen LogP contribution is 2.23. The van der Waals surface area contributed by atoms with Crippen molar-refractivity contribution in [2.24, 2.45) is 0 Å². The zero-order valence-corrected chi connectivity index (χ0v) is 13.1. The van der Waals surface area contributed by atoms with Gasteiger partial charge in [0.1, 0.15) is 16.4 Å². The van der Waals surface area contributed by atoms with Crippen LogP contribution in [-0.4, -0.2) is 20.9 Å². The average molecular weight is 331 g/mol. The van der Waals surface area contributed by atoms with Crippen LogP contribution in [0.3, 0.4) is 0 Å². The molecule has 1 N–H and O–H groups in total. The molecule has 2 aromatic heterocycles. The van der Waals surface area contributed by atoms with Crippen molar-refractivity contribution in [2.45, 2.75) is 6.92 Å². The maximum Gasteiger partial charge on any atom is 0.275 e. The topological polar surface area (TPSA) is 67.8 Å². The minimum Gasteiger partial charge on any atom is -0.321 e. The van der Waals surface area contributed by atoms with Crippen molar-refractivity contribution < 1.29 is 4.79 Å². The number of carbonyl (C=O) groups is 1. The van der Waals surface area contributed by atoms with Gasteiger partial charge in [0.25, 0.3) is 5.91 Å². The minimum absolute atomic E-state index is 0.286. The molecule has 0 bridgehead atoms. The number of benzene rings is 1. The standard InChI is InChI=1S/C15H11ClN4OS/c1-9-2-3-10(6-11(9)16)19-14(21)13-8-22-15(20-13)12-7-17-4-5-18-12/h2-8H,1H3,(H,19,21). The summed E-state index contributed by atoms with van der Waals surface area (Å²) in [7, 11) is 0. The van der Waals surface area contributed by atoms with Crippen LogP contribution in [-0.2, 0) is 0 Å². The lowest BCUT2D eigenvalue weighted by atomic mass is 10.2. The van der Waals surface area contributed by atoms with Gasteiger partial charge in [-0.25, -0.2) is 4.98 Å². The number of carbonyl (C=O) groups excluding carboxylic acids is 1. The Bertz CT molecular complexity index is 819. The maximum absolute atomic E-state index is 12.2. The number of aromatic nitrogens is 3. The van der Waals surface area contributed by atoms with Crippen molar-refractivity contribution in [3.8, 4) is 10.7 Å². The Balaban J connectivity index is 1.78. The Morgan fingerprint density at radius 1 is 1.32 bits per heavy atom. The molecule has 7 heteroatoms. The molecule has 0 unspecified atom stereocenters. The van der Waals surface area contributed by atoms with Crippen molar-refractivity contribution >= 4 is 34.5 Å². The Morgan fingerprint density at radius 3 is 2.91 bits per heavy atom. The fraction of sp³-hybridized carbons (Fsp3) is 0.0667. The molecule has 0 aliphatic heterocycles. The number of hydrogen-bond acceptors (Lipinski definition) is 5. The van der Waals surface area contributed by atoms with E-state index in [9.17, 15) is 4.79 Å². The van der Waals surface area contributed by atoms with Crippen LogP contribution >= 0.6 is 22.9 Å². The molecule has 0 radical (unpaired) electrons. The predicted octanol–water partition coefficient (Wildman–Crippen LogP) is 3.81. The quantitative estimate of drug-likeness (QED) is 0.792. The van der Waals surface area contributed by atoms with E-state index in [1.54, 1.807) is 36.1 Å². The molecule has 1 amide bonds. The maximum atomic E-state index is 12.2. The first-order valence-electron chi connectivity index (χ1n) is 6.43. The highest BCUT2D eigenvalue weighted by Gasteiger charge is 2.13. The van der Waals surface area contributed by atoms with Gasteiger partial charge in [0.15, 0.2) is 0 Å². The van der Waals surface area contributed by atoms with E-state index in [4.69, 9.17) is 11.6 Å². The van der Waals surface area contributed by atoms with Crippen LogP contribution < -0.4 is 5.32 Å². The number of nitrogens with one attached hydrogen (secondary N) is 1. The molecular formula is C15H11ClN4OS. The molecule has 0 atom stereocenters. The second-order valence-electron chi connectivity index (χ2n) is 4.55. The van der Waals surface area contributed by atoms with Gasteiger partial charge in [0.05, 0.1) is 6.20 Å². The number of aryl methyl sites for hydroxylation is 1. The summed E-state index contributed by atoms with van der Waals surface area (Å²) in [6.07, 6.45) is 4.79. The third-order valence-corrected chi connectivity index (χ3v) is 4.22. The second kappa shape index (κ2) is 6.21. The van der Waals surface area contributed by atoms with E-state index in [1.165, 1.54) is 11.3 Å². The first kappa shape index (κ1) is 14.6. The molecule has 110 valence electrons. The van der Waals surface area contributed by atoms with Crippen LogP contribution in [0.5, 0.6) is 0 Å². The number of halogens is 1. The van der Waals surface area contributed by atoms with Gasteiger partial charge in [-0.05, 0) is 24.6 Å². The molecule has 0 aliphatic carbocycles. The van der Waals surface area contributed by atoms with E-state index in [2.05, 4.69) is 20.3 Å². The largest absolute Gasteiger partial charge is 0.321 e. The van der Waals surface area contributed by atoms with Gasteiger partial charge >= 0.3 is 0 Å². The molecule has 0 saturated carbocycles. The van der Waals surface area contributed by atoms with E-state index in [0.29, 0.717) is 27.1 Å². The number of thiazole rings is 1. The second-order valence-corrected chi connectivity index (χ2v) is 5.81. The summed E-state index contributed by atoms with van der Waals surface area (Å²) in [5.74, 6) is -0.286. The summed E-state index contributed by atoms with van der Waals surface area (Å²) >= 11 is 7.39. The summed E-state index contributed by atoms with van der Waals surface area (Å²) in [6, 6.07) is 5.36. The van der Waals surface area contributed by atoms with Crippen molar-refractivity contribution in [3.05, 3.63) is 58.4 Å². The monoisotopic (exact) mass is 330 g/mol. The van der Waals surface area contributed by atoms with Crippen molar-refractivity contribution in [2.75, 3.05) is 5.32 Å². The lowest BCUT2D eigenvalue weighted by Gasteiger charge is -2.05. The summed E-state index contributed by atoms with van der Waals surface area (Å²) < 4.78 is 0. The van der Waals surface area contributed by atoms with E-state index < -0.39 is 0 Å². The Kier molecular flexibility index (Phi) is 4.13. The summed E-state index contributed by atoms with van der Waals surface area (Å²) in [5.41, 5.74) is 2.57. The molecule has 0 fully saturated rings. The molecule has 22 heavy (non-hydrogen) atoms. The predicted molar refractivity (Wildman–Crippen MR) is 87.3 cm³/mol. The van der Waals surface area contributed by atoms with Gasteiger partial charge in [0.2, 0.25) is 0 Å². The Morgan fingerprint density at radius 2 is 2.18 bits per heavy atom. The third kappa shape index (κ3) is 3.13. The van der Waals surface area contributed by atoms with Crippen LogP contribution in [0.4, 0.5) is 5.69 Å². The number of amides is 1. The van der Waals surface area contributed by atoms with Crippen molar-refractivity contribution in [1.29, 1.82) is 0 Å². The lowest BCUT2D eigenvalue weighted by molar-refractivity contribution is 0.102. The van der Waals surface area contributed by atoms with Crippen LogP contribution in [0.1, 0.15) is 16.1 Å². The molecule has 0 spiro atoms. The van der Waals surface area contributed by atoms with E-state index >= 15 is 0 Å². The molecule has 0 aliphatic rings. The summed E-state index contributed by atoms with van der Waals surface area (Å²) in [5, 5.41) is 5.73. The molecule has 0 saturated heterocycles. The molecule has 3 rings (SSSR count). The number of hydrogen-bond donors (Lipinski definition) is 1. The van der Waals surface area contributed by atoms with Gasteiger partial charge in [0, 0.05) is 28.5 Å². The molecule has 1 aromatic carbocycles.